The van der Waals surface area contributed by atoms with Crippen molar-refractivity contribution >= 4 is 29.0 Å². The zero-order valence-electron chi connectivity index (χ0n) is 16.9. The van der Waals surface area contributed by atoms with Crippen LogP contribution >= 0.6 is 0 Å². The summed E-state index contributed by atoms with van der Waals surface area (Å²) in [6.07, 6.45) is -1.03. The van der Waals surface area contributed by atoms with Gasteiger partial charge in [-0.05, 0) is 32.9 Å². The first-order chi connectivity index (χ1) is 13.9. The third-order valence-corrected chi connectivity index (χ3v) is 3.88. The fourth-order valence-corrected chi connectivity index (χ4v) is 2.62. The molecule has 11 nitrogen and oxygen atoms in total. The summed E-state index contributed by atoms with van der Waals surface area (Å²) in [6.45, 7) is 4.40. The Labute approximate surface area is 171 Å². The van der Waals surface area contributed by atoms with Gasteiger partial charge in [-0.15, -0.1) is 0 Å². The molecule has 0 radical (unpaired) electrons. The van der Waals surface area contributed by atoms with E-state index in [1.807, 2.05) is 0 Å². The Morgan fingerprint density at radius 2 is 1.87 bits per heavy atom. The van der Waals surface area contributed by atoms with Crippen molar-refractivity contribution in [2.24, 2.45) is 0 Å². The lowest BCUT2D eigenvalue weighted by Crippen LogP contribution is -2.43. The largest absolute Gasteiger partial charge is 0.480 e. The highest BCUT2D eigenvalue weighted by molar-refractivity contribution is 5.84. The fourth-order valence-electron chi connectivity index (χ4n) is 2.62. The molecule has 0 aliphatic heterocycles. The van der Waals surface area contributed by atoms with Gasteiger partial charge >= 0.3 is 12.1 Å². The topological polar surface area (TPSA) is 162 Å². The normalized spacial score (nSPS) is 11.2. The maximum atomic E-state index is 12.6. The van der Waals surface area contributed by atoms with Gasteiger partial charge in [0.2, 0.25) is 11.5 Å². The van der Waals surface area contributed by atoms with Crippen molar-refractivity contribution in [2.75, 3.05) is 19.6 Å². The van der Waals surface area contributed by atoms with Crippen molar-refractivity contribution in [1.82, 2.24) is 20.2 Å². The van der Waals surface area contributed by atoms with E-state index in [1.165, 1.54) is 18.2 Å². The van der Waals surface area contributed by atoms with Crippen LogP contribution in [-0.4, -0.2) is 63.2 Å². The third kappa shape index (κ3) is 6.76. The number of aromatic amines is 2. The van der Waals surface area contributed by atoms with Gasteiger partial charge in [-0.2, -0.15) is 0 Å². The Balaban J connectivity index is 2.09. The number of aliphatic carboxylic acids is 1. The molecule has 2 aromatic rings. The number of hydrogen-bond acceptors (Lipinski definition) is 6. The molecule has 0 unspecified atom stereocenters. The van der Waals surface area contributed by atoms with Gasteiger partial charge in [0, 0.05) is 30.1 Å². The minimum Gasteiger partial charge on any atom is -0.480 e. The van der Waals surface area contributed by atoms with E-state index in [0.29, 0.717) is 5.39 Å². The van der Waals surface area contributed by atoms with Crippen LogP contribution in [0.25, 0.3) is 11.0 Å². The van der Waals surface area contributed by atoms with E-state index in [0.717, 1.165) is 4.90 Å². The minimum absolute atomic E-state index is 0.0246. The third-order valence-electron chi connectivity index (χ3n) is 3.88. The van der Waals surface area contributed by atoms with E-state index in [9.17, 15) is 24.0 Å². The Kier molecular flexibility index (Phi) is 6.98. The quantitative estimate of drug-likeness (QED) is 0.497. The highest BCUT2D eigenvalue weighted by Crippen LogP contribution is 2.08. The highest BCUT2D eigenvalue weighted by Gasteiger charge is 2.20. The summed E-state index contributed by atoms with van der Waals surface area (Å²) in [5.41, 5.74) is -1.29. The van der Waals surface area contributed by atoms with Gasteiger partial charge in [0.25, 0.3) is 5.56 Å². The molecule has 0 saturated heterocycles. The minimum atomic E-state index is -1.23. The van der Waals surface area contributed by atoms with Crippen LogP contribution in [0.3, 0.4) is 0 Å². The van der Waals surface area contributed by atoms with Crippen molar-refractivity contribution in [3.05, 3.63) is 44.5 Å². The standard InChI is InChI=1S/C19H24N4O7/c1-19(2,3)30-18(29)20-6-7-23(10-15(26)27)14(25)9-12-8-11-4-5-13(24)21-16(11)22-17(12)28/h4-5,8H,6-7,9-10H2,1-3H3,(H,20,29)(H,26,27)(H2,21,22,24,28). The Morgan fingerprint density at radius 1 is 1.17 bits per heavy atom. The van der Waals surface area contributed by atoms with Gasteiger partial charge in [0.15, 0.2) is 0 Å². The zero-order chi connectivity index (χ0) is 22.5. The SMILES string of the molecule is CC(C)(C)OC(=O)NCCN(CC(=O)O)C(=O)Cc1cc2ccc(=O)[nH]c2[nH]c1=O. The molecule has 0 aromatic carbocycles. The molecule has 162 valence electrons. The van der Waals surface area contributed by atoms with E-state index < -0.39 is 35.7 Å². The smallest absolute Gasteiger partial charge is 0.407 e. The van der Waals surface area contributed by atoms with Crippen molar-refractivity contribution in [3.8, 4) is 0 Å². The van der Waals surface area contributed by atoms with Crippen LogP contribution < -0.4 is 16.4 Å². The van der Waals surface area contributed by atoms with Crippen LogP contribution in [0, 0.1) is 0 Å². The molecule has 30 heavy (non-hydrogen) atoms. The second kappa shape index (κ2) is 9.25. The van der Waals surface area contributed by atoms with Crippen LogP contribution in [0.15, 0.2) is 27.8 Å². The molecule has 0 bridgehead atoms. The molecule has 0 saturated carbocycles. The maximum Gasteiger partial charge on any atom is 0.407 e. The Bertz CT molecular complexity index is 1060. The summed E-state index contributed by atoms with van der Waals surface area (Å²) in [4.78, 5) is 65.0. The Morgan fingerprint density at radius 3 is 2.50 bits per heavy atom. The van der Waals surface area contributed by atoms with E-state index in [4.69, 9.17) is 9.84 Å². The lowest BCUT2D eigenvalue weighted by molar-refractivity contribution is -0.144. The first-order valence-electron chi connectivity index (χ1n) is 9.16. The molecule has 0 aliphatic carbocycles. The van der Waals surface area contributed by atoms with Gasteiger partial charge in [-0.1, -0.05) is 0 Å². The summed E-state index contributed by atoms with van der Waals surface area (Å²) in [5.74, 6) is -1.83. The number of nitrogens with zero attached hydrogens (tertiary/aromatic N) is 1. The number of H-pyrrole nitrogens is 2. The molecule has 0 fully saturated rings. The number of carboxylic acid groups (broad SMARTS) is 1. The van der Waals surface area contributed by atoms with E-state index in [1.54, 1.807) is 20.8 Å². The fraction of sp³-hybridized carbons (Fsp3) is 0.421. The summed E-state index contributed by atoms with van der Waals surface area (Å²) in [5, 5.41) is 12.0. The average Bonchev–Trinajstić information content (AvgIpc) is 2.59. The van der Waals surface area contributed by atoms with Gasteiger partial charge < -0.3 is 30.0 Å². The van der Waals surface area contributed by atoms with Crippen molar-refractivity contribution in [2.45, 2.75) is 32.8 Å². The summed E-state index contributed by atoms with van der Waals surface area (Å²) < 4.78 is 5.08. The lowest BCUT2D eigenvalue weighted by atomic mass is 10.1. The number of carbonyl (C=O) groups is 3. The van der Waals surface area contributed by atoms with Gasteiger partial charge in [-0.3, -0.25) is 19.2 Å². The lowest BCUT2D eigenvalue weighted by Gasteiger charge is -2.22. The van der Waals surface area contributed by atoms with Crippen molar-refractivity contribution < 1.29 is 24.2 Å². The van der Waals surface area contributed by atoms with Crippen LogP contribution in [0.4, 0.5) is 4.79 Å². The second-order valence-electron chi connectivity index (χ2n) is 7.59. The number of hydrogen-bond donors (Lipinski definition) is 4. The number of nitrogens with one attached hydrogen (secondary N) is 3. The number of ether oxygens (including phenoxy) is 1. The molecule has 4 N–H and O–H groups in total. The molecular weight excluding hydrogens is 396 g/mol. The predicted molar refractivity (Wildman–Crippen MR) is 107 cm³/mol. The molecule has 0 spiro atoms. The second-order valence-corrected chi connectivity index (χ2v) is 7.59. The number of amides is 2. The van der Waals surface area contributed by atoms with E-state index >= 15 is 0 Å². The van der Waals surface area contributed by atoms with Crippen LogP contribution in [0.1, 0.15) is 26.3 Å². The number of rotatable bonds is 7. The molecule has 2 heterocycles. The summed E-state index contributed by atoms with van der Waals surface area (Å²) in [7, 11) is 0. The molecule has 11 heteroatoms. The van der Waals surface area contributed by atoms with Crippen molar-refractivity contribution in [3.63, 3.8) is 0 Å². The molecule has 2 aromatic heterocycles. The van der Waals surface area contributed by atoms with E-state index in [2.05, 4.69) is 15.3 Å². The van der Waals surface area contributed by atoms with Crippen LogP contribution in [0.5, 0.6) is 0 Å². The number of alkyl carbamates (subject to hydrolysis) is 1. The van der Waals surface area contributed by atoms with Gasteiger partial charge in [0.05, 0.1) is 6.42 Å². The monoisotopic (exact) mass is 420 g/mol. The molecule has 2 amide bonds. The first kappa shape index (κ1) is 22.7. The van der Waals surface area contributed by atoms with Gasteiger partial charge in [0.1, 0.15) is 17.8 Å². The van der Waals surface area contributed by atoms with E-state index in [-0.39, 0.29) is 36.3 Å². The van der Waals surface area contributed by atoms with Crippen LogP contribution in [0.2, 0.25) is 0 Å². The number of carboxylic acids is 1. The van der Waals surface area contributed by atoms with Crippen LogP contribution in [-0.2, 0) is 20.7 Å². The summed E-state index contributed by atoms with van der Waals surface area (Å²) >= 11 is 0. The molecular formula is C19H24N4O7. The predicted octanol–water partition coefficient (Wildman–Crippen LogP) is 0.197. The number of aromatic nitrogens is 2. The molecule has 0 aliphatic rings. The maximum absolute atomic E-state index is 12.6. The summed E-state index contributed by atoms with van der Waals surface area (Å²) in [6, 6.07) is 4.24. The first-order valence-corrected chi connectivity index (χ1v) is 9.16. The molecule has 0 atom stereocenters. The molecule has 2 rings (SSSR count). The Hall–Kier alpha value is -3.63. The number of fused-ring (bicyclic) bond motifs is 1. The van der Waals surface area contributed by atoms with Crippen molar-refractivity contribution in [1.29, 1.82) is 0 Å². The zero-order valence-corrected chi connectivity index (χ0v) is 16.9. The highest BCUT2D eigenvalue weighted by atomic mass is 16.6. The number of carbonyl (C=O) groups excluding carboxylic acids is 2. The number of pyridine rings is 2. The average molecular weight is 420 g/mol. The van der Waals surface area contributed by atoms with Gasteiger partial charge in [-0.25, -0.2) is 4.79 Å².